The van der Waals surface area contributed by atoms with Crippen LogP contribution in [0.3, 0.4) is 0 Å². The van der Waals surface area contributed by atoms with E-state index in [1.165, 1.54) is 5.56 Å². The molecule has 1 rings (SSSR count). The minimum atomic E-state index is 0. The Morgan fingerprint density at radius 3 is 2.52 bits per heavy atom. The smallest absolute Gasteiger partial charge is 0.188 e. The van der Waals surface area contributed by atoms with Gasteiger partial charge in [0.1, 0.15) is 5.75 Å². The number of rotatable bonds is 7. The lowest BCUT2D eigenvalue weighted by molar-refractivity contribution is 0.306. The van der Waals surface area contributed by atoms with Crippen LogP contribution < -0.4 is 15.8 Å². The molecule has 1 unspecified atom stereocenters. The zero-order valence-electron chi connectivity index (χ0n) is 12.9. The van der Waals surface area contributed by atoms with E-state index in [1.54, 1.807) is 13.2 Å². The van der Waals surface area contributed by atoms with E-state index in [4.69, 9.17) is 10.5 Å². The average Bonchev–Trinajstić information content (AvgIpc) is 2.45. The molecule has 0 spiro atoms. The molecule has 0 aliphatic rings. The lowest BCUT2D eigenvalue weighted by Crippen LogP contribution is -2.33. The maximum Gasteiger partial charge on any atom is 0.188 e. The van der Waals surface area contributed by atoms with Crippen molar-refractivity contribution in [2.75, 3.05) is 34.3 Å². The second-order valence-corrected chi connectivity index (χ2v) is 4.65. The normalized spacial score (nSPS) is 12.5. The topological polar surface area (TPSA) is 62.9 Å². The molecule has 0 fully saturated rings. The molecule has 21 heavy (non-hydrogen) atoms. The Balaban J connectivity index is 0.00000400. The fraction of sp³-hybridized carbons (Fsp3) is 0.400. The van der Waals surface area contributed by atoms with Crippen LogP contribution in [-0.4, -0.2) is 45.2 Å². The Labute approximate surface area is 144 Å². The summed E-state index contributed by atoms with van der Waals surface area (Å²) in [6.07, 6.45) is 1.75. The molecular weight excluding hydrogens is 379 g/mol. The van der Waals surface area contributed by atoms with Gasteiger partial charge < -0.3 is 20.7 Å². The van der Waals surface area contributed by atoms with Gasteiger partial charge in [-0.1, -0.05) is 18.2 Å². The van der Waals surface area contributed by atoms with Crippen LogP contribution >= 0.6 is 24.0 Å². The molecule has 0 aliphatic heterocycles. The molecule has 0 radical (unpaired) electrons. The fourth-order valence-electron chi connectivity index (χ4n) is 1.81. The summed E-state index contributed by atoms with van der Waals surface area (Å²) in [5, 5.41) is 2.97. The molecular formula is C15H25IN4O. The molecule has 1 aromatic carbocycles. The van der Waals surface area contributed by atoms with Crippen molar-refractivity contribution in [1.29, 1.82) is 0 Å². The molecule has 6 heteroatoms. The fourth-order valence-corrected chi connectivity index (χ4v) is 1.81. The van der Waals surface area contributed by atoms with Gasteiger partial charge in [-0.15, -0.1) is 30.6 Å². The van der Waals surface area contributed by atoms with Gasteiger partial charge in [0.15, 0.2) is 5.96 Å². The summed E-state index contributed by atoms with van der Waals surface area (Å²) in [6.45, 7) is 4.84. The molecule has 0 aliphatic carbocycles. The van der Waals surface area contributed by atoms with Gasteiger partial charge in [0.25, 0.3) is 0 Å². The van der Waals surface area contributed by atoms with E-state index in [1.807, 2.05) is 38.4 Å². The number of nitrogens with one attached hydrogen (secondary N) is 1. The molecule has 3 N–H and O–H groups in total. The molecule has 1 aromatic rings. The highest BCUT2D eigenvalue weighted by atomic mass is 127. The van der Waals surface area contributed by atoms with Crippen LogP contribution in [-0.2, 0) is 0 Å². The highest BCUT2D eigenvalue weighted by Gasteiger charge is 2.13. The number of benzene rings is 1. The van der Waals surface area contributed by atoms with Crippen molar-refractivity contribution in [3.05, 3.63) is 42.5 Å². The van der Waals surface area contributed by atoms with E-state index in [0.29, 0.717) is 19.0 Å². The zero-order valence-corrected chi connectivity index (χ0v) is 15.2. The van der Waals surface area contributed by atoms with Gasteiger partial charge in [0.05, 0.1) is 19.7 Å². The number of nitrogens with two attached hydrogens (primary N) is 1. The molecule has 0 saturated carbocycles. The molecule has 118 valence electrons. The van der Waals surface area contributed by atoms with E-state index in [9.17, 15) is 0 Å². The number of ether oxygens (including phenoxy) is 1. The SMILES string of the molecule is C=CCNC(N)=NCC(c1ccc(OC)cc1)N(C)C.I. The molecule has 1 atom stereocenters. The van der Waals surface area contributed by atoms with Gasteiger partial charge in [0.2, 0.25) is 0 Å². The largest absolute Gasteiger partial charge is 0.497 e. The van der Waals surface area contributed by atoms with Gasteiger partial charge in [-0.05, 0) is 31.8 Å². The number of likely N-dealkylation sites (N-methyl/N-ethyl adjacent to an activating group) is 1. The molecule has 0 bridgehead atoms. The molecule has 0 amide bonds. The number of aliphatic imine (C=N–C) groups is 1. The van der Waals surface area contributed by atoms with Crippen LogP contribution in [0.15, 0.2) is 41.9 Å². The average molecular weight is 404 g/mol. The van der Waals surface area contributed by atoms with Crippen LogP contribution in [0.2, 0.25) is 0 Å². The number of hydrogen-bond donors (Lipinski definition) is 2. The van der Waals surface area contributed by atoms with E-state index >= 15 is 0 Å². The van der Waals surface area contributed by atoms with Crippen molar-refractivity contribution in [2.24, 2.45) is 10.7 Å². The van der Waals surface area contributed by atoms with Crippen molar-refractivity contribution < 1.29 is 4.74 Å². The highest BCUT2D eigenvalue weighted by Crippen LogP contribution is 2.21. The number of nitrogens with zero attached hydrogens (tertiary/aromatic N) is 2. The third-order valence-corrected chi connectivity index (χ3v) is 2.99. The summed E-state index contributed by atoms with van der Waals surface area (Å²) in [6, 6.07) is 8.17. The van der Waals surface area contributed by atoms with Crippen LogP contribution in [0.4, 0.5) is 0 Å². The van der Waals surface area contributed by atoms with Crippen LogP contribution in [0.25, 0.3) is 0 Å². The highest BCUT2D eigenvalue weighted by molar-refractivity contribution is 14.0. The first kappa shape index (κ1) is 19.7. The van der Waals surface area contributed by atoms with Crippen LogP contribution in [0, 0.1) is 0 Å². The Kier molecular flexibility index (Phi) is 9.81. The Morgan fingerprint density at radius 2 is 2.05 bits per heavy atom. The Hall–Kier alpha value is -1.28. The Morgan fingerprint density at radius 1 is 1.43 bits per heavy atom. The van der Waals surface area contributed by atoms with Gasteiger partial charge in [-0.2, -0.15) is 0 Å². The first-order valence-electron chi connectivity index (χ1n) is 6.53. The summed E-state index contributed by atoms with van der Waals surface area (Å²) in [5.41, 5.74) is 6.96. The lowest BCUT2D eigenvalue weighted by atomic mass is 10.1. The molecule has 5 nitrogen and oxygen atoms in total. The van der Waals surface area contributed by atoms with Crippen molar-refractivity contribution in [3.8, 4) is 5.75 Å². The second-order valence-electron chi connectivity index (χ2n) is 4.65. The monoisotopic (exact) mass is 404 g/mol. The molecule has 0 heterocycles. The number of hydrogen-bond acceptors (Lipinski definition) is 3. The summed E-state index contributed by atoms with van der Waals surface area (Å²) in [7, 11) is 5.71. The van der Waals surface area contributed by atoms with Gasteiger partial charge in [-0.3, -0.25) is 4.99 Å². The van der Waals surface area contributed by atoms with E-state index in [2.05, 4.69) is 21.8 Å². The van der Waals surface area contributed by atoms with Gasteiger partial charge in [-0.25, -0.2) is 0 Å². The second kappa shape index (κ2) is 10.4. The summed E-state index contributed by atoms with van der Waals surface area (Å²) in [5.74, 6) is 1.28. The summed E-state index contributed by atoms with van der Waals surface area (Å²) < 4.78 is 5.17. The van der Waals surface area contributed by atoms with Gasteiger partial charge >= 0.3 is 0 Å². The van der Waals surface area contributed by atoms with E-state index in [0.717, 1.165) is 5.75 Å². The summed E-state index contributed by atoms with van der Waals surface area (Å²) >= 11 is 0. The summed E-state index contributed by atoms with van der Waals surface area (Å²) in [4.78, 5) is 6.48. The van der Waals surface area contributed by atoms with Crippen LogP contribution in [0.5, 0.6) is 5.75 Å². The minimum absolute atomic E-state index is 0. The van der Waals surface area contributed by atoms with E-state index < -0.39 is 0 Å². The predicted octanol–water partition coefficient (Wildman–Crippen LogP) is 2.01. The standard InChI is InChI=1S/C15H24N4O.HI/c1-5-10-17-15(16)18-11-14(19(2)3)12-6-8-13(20-4)9-7-12;/h5-9,14H,1,10-11H2,2-4H3,(H3,16,17,18);1H. The lowest BCUT2D eigenvalue weighted by Gasteiger charge is -2.23. The predicted molar refractivity (Wildman–Crippen MR) is 99.5 cm³/mol. The third kappa shape index (κ3) is 6.81. The number of halogens is 1. The van der Waals surface area contributed by atoms with E-state index in [-0.39, 0.29) is 30.0 Å². The first-order chi connectivity index (χ1) is 9.58. The van der Waals surface area contributed by atoms with Crippen LogP contribution in [0.1, 0.15) is 11.6 Å². The molecule has 0 aromatic heterocycles. The zero-order chi connectivity index (χ0) is 15.0. The van der Waals surface area contributed by atoms with Crippen molar-refractivity contribution in [3.63, 3.8) is 0 Å². The minimum Gasteiger partial charge on any atom is -0.497 e. The number of guanidine groups is 1. The van der Waals surface area contributed by atoms with Crippen molar-refractivity contribution in [1.82, 2.24) is 10.2 Å². The molecule has 0 saturated heterocycles. The van der Waals surface area contributed by atoms with Gasteiger partial charge in [0, 0.05) is 6.54 Å². The quantitative estimate of drug-likeness (QED) is 0.316. The Bertz CT molecular complexity index is 445. The van der Waals surface area contributed by atoms with Crippen molar-refractivity contribution >= 4 is 29.9 Å². The maximum atomic E-state index is 5.78. The third-order valence-electron chi connectivity index (χ3n) is 2.99. The van der Waals surface area contributed by atoms with Crippen molar-refractivity contribution in [2.45, 2.75) is 6.04 Å². The maximum absolute atomic E-state index is 5.78. The first-order valence-corrected chi connectivity index (χ1v) is 6.53. The number of methoxy groups -OCH3 is 1.